The van der Waals surface area contributed by atoms with Gasteiger partial charge in [-0.25, -0.2) is 0 Å². The molecule has 6 nitrogen and oxygen atoms in total. The van der Waals surface area contributed by atoms with Gasteiger partial charge in [-0.05, 0) is 214 Å². The predicted octanol–water partition coefficient (Wildman–Crippen LogP) is 26.2. The van der Waals surface area contributed by atoms with Crippen molar-refractivity contribution in [1.82, 2.24) is 9.97 Å². The molecule has 0 unspecified atom stereocenters. The van der Waals surface area contributed by atoms with Crippen molar-refractivity contribution in [2.24, 2.45) is 0 Å². The largest absolute Gasteiger partial charge is 0.454 e. The predicted molar refractivity (Wildman–Crippen MR) is 418 cm³/mol. The first-order chi connectivity index (χ1) is 49.5. The highest BCUT2D eigenvalue weighted by Crippen LogP contribution is 2.47. The van der Waals surface area contributed by atoms with E-state index in [4.69, 9.17) is 18.8 Å². The van der Waals surface area contributed by atoms with Crippen LogP contribution < -0.4 is 9.80 Å². The first-order valence-electron chi connectivity index (χ1n) is 34.3. The van der Waals surface area contributed by atoms with Crippen molar-refractivity contribution < 1.29 is 8.83 Å². The smallest absolute Gasteiger partial charge is 0.177 e. The Bertz CT molecular complexity index is 6590. The monoisotopic (exact) mass is 1280 g/mol. The van der Waals surface area contributed by atoms with E-state index in [1.807, 2.05) is 18.5 Å². The highest BCUT2D eigenvalue weighted by Gasteiger charge is 2.25. The zero-order chi connectivity index (χ0) is 65.8. The van der Waals surface area contributed by atoms with E-state index in [-0.39, 0.29) is 0 Å². The van der Waals surface area contributed by atoms with Crippen LogP contribution in [0.2, 0.25) is 0 Å². The third kappa shape index (κ3) is 9.71. The number of allylic oxidation sites excluding steroid dienone is 4. The Balaban J connectivity index is 0.626. The lowest BCUT2D eigenvalue weighted by atomic mass is 9.91. The van der Waals surface area contributed by atoms with E-state index in [1.165, 1.54) is 71.1 Å². The maximum Gasteiger partial charge on any atom is 0.177 e. The lowest BCUT2D eigenvalue weighted by molar-refractivity contribution is 0.671. The van der Waals surface area contributed by atoms with E-state index in [9.17, 15) is 0 Å². The van der Waals surface area contributed by atoms with Gasteiger partial charge < -0.3 is 18.6 Å². The van der Waals surface area contributed by atoms with Gasteiger partial charge in [0.25, 0.3) is 0 Å². The maximum absolute atomic E-state index is 6.98. The molecule has 0 N–H and O–H groups in total. The molecule has 1 aliphatic carbocycles. The van der Waals surface area contributed by atoms with Gasteiger partial charge in [0.05, 0.1) is 5.69 Å². The molecule has 468 valence electrons. The number of hydrogen-bond acceptors (Lipinski definition) is 6. The summed E-state index contributed by atoms with van der Waals surface area (Å²) in [4.78, 5) is 14.6. The Morgan fingerprint density at radius 3 is 1.46 bits per heavy atom. The second kappa shape index (κ2) is 23.3. The van der Waals surface area contributed by atoms with Crippen LogP contribution in [0.4, 0.5) is 28.4 Å². The molecule has 1 aliphatic rings. The minimum absolute atomic E-state index is 0.735. The fourth-order valence-corrected chi connectivity index (χ4v) is 15.6. The summed E-state index contributed by atoms with van der Waals surface area (Å²) in [6.07, 6.45) is 10.3. The number of anilines is 5. The molecule has 0 saturated carbocycles. The van der Waals surface area contributed by atoms with Crippen molar-refractivity contribution in [2.45, 2.75) is 12.8 Å². The van der Waals surface area contributed by atoms with Gasteiger partial charge in [0.1, 0.15) is 22.2 Å². The molecule has 0 bridgehead atoms. The summed E-state index contributed by atoms with van der Waals surface area (Å²) in [5.74, 6) is 0. The molecule has 4 heterocycles. The number of rotatable bonds is 11. The van der Waals surface area contributed by atoms with Crippen LogP contribution in [0.3, 0.4) is 0 Å². The van der Waals surface area contributed by atoms with Crippen LogP contribution in [-0.2, 0) is 0 Å². The second-order valence-electron chi connectivity index (χ2n) is 26.4. The van der Waals surface area contributed by atoms with E-state index >= 15 is 0 Å². The fraction of sp³-hybridized carbons (Fsp3) is 0.0213. The summed E-state index contributed by atoms with van der Waals surface area (Å²) in [6, 6.07) is 114. The first kappa shape index (κ1) is 57.1. The number of benzene rings is 15. The number of furan rings is 2. The van der Waals surface area contributed by atoms with Crippen LogP contribution in [0.5, 0.6) is 0 Å². The fourth-order valence-electron chi connectivity index (χ4n) is 15.6. The molecule has 19 aromatic rings. The third-order valence-electron chi connectivity index (χ3n) is 20.6. The molecule has 0 fully saturated rings. The van der Waals surface area contributed by atoms with Gasteiger partial charge >= 0.3 is 0 Å². The molecular formula is C94H60N4O2. The average Bonchev–Trinajstić information content (AvgIpc) is 1.54. The molecule has 4 aromatic heterocycles. The Morgan fingerprint density at radius 1 is 0.270 bits per heavy atom. The lowest BCUT2D eigenvalue weighted by Crippen LogP contribution is -2.17. The lowest BCUT2D eigenvalue weighted by Gasteiger charge is -2.30. The molecule has 15 aromatic carbocycles. The van der Waals surface area contributed by atoms with Gasteiger partial charge in [-0.1, -0.05) is 224 Å². The van der Waals surface area contributed by atoms with E-state index < -0.39 is 0 Å². The molecule has 0 aliphatic heterocycles. The van der Waals surface area contributed by atoms with Gasteiger partial charge in [-0.15, -0.1) is 0 Å². The van der Waals surface area contributed by atoms with Crippen molar-refractivity contribution in [3.8, 4) is 44.5 Å². The quantitative estimate of drug-likeness (QED) is 0.129. The first-order valence-corrected chi connectivity index (χ1v) is 34.3. The summed E-state index contributed by atoms with van der Waals surface area (Å²) < 4.78 is 13.7. The summed E-state index contributed by atoms with van der Waals surface area (Å²) >= 11 is 0. The van der Waals surface area contributed by atoms with Gasteiger partial charge in [-0.3, -0.25) is 9.97 Å². The van der Waals surface area contributed by atoms with Gasteiger partial charge in [0.15, 0.2) is 11.2 Å². The summed E-state index contributed by atoms with van der Waals surface area (Å²) in [6.45, 7) is 0. The van der Waals surface area contributed by atoms with Crippen LogP contribution in [0.15, 0.2) is 355 Å². The maximum atomic E-state index is 6.98. The standard InChI is InChI=1S/C94H60N4O2/c1-2-15-66-52-67(25-24-59(66)12-1)61-32-41-77(42-33-61)98(88-50-51-95-91-86-48-38-63-14-4-9-21-83(63)92(86)100-94(88)91)78-45-36-65(37-46-78)87-56-74(55-72-16-5-8-20-82(72)87)71-29-28-69-53-68(26-27-70(69)54-71)60-30-39-75(40-31-60)97(76-43-34-64(35-44-76)81-23-11-18-62-13-3-7-19-80(62)81)79-47-49-85-89(57-79)99-93-84-22-10-6-17-73(84)58-96-90(85)93/h1-34,36-43,45-58H,35,44H2. The normalized spacial score (nSPS) is 12.6. The molecule has 0 amide bonds. The average molecular weight is 1280 g/mol. The van der Waals surface area contributed by atoms with Crippen molar-refractivity contribution in [3.05, 3.63) is 351 Å². The summed E-state index contributed by atoms with van der Waals surface area (Å²) in [5, 5.41) is 16.0. The Labute approximate surface area is 576 Å². The Kier molecular flexibility index (Phi) is 13.3. The number of pyridine rings is 2. The molecular weight excluding hydrogens is 1220 g/mol. The highest BCUT2D eigenvalue weighted by molar-refractivity contribution is 6.17. The highest BCUT2D eigenvalue weighted by atomic mass is 16.3. The van der Waals surface area contributed by atoms with E-state index in [1.54, 1.807) is 0 Å². The van der Waals surface area contributed by atoms with Crippen LogP contribution >= 0.6 is 0 Å². The second-order valence-corrected chi connectivity index (χ2v) is 26.4. The Morgan fingerprint density at radius 2 is 0.770 bits per heavy atom. The number of nitrogens with zero attached hydrogens (tertiary/aromatic N) is 4. The van der Waals surface area contributed by atoms with E-state index in [2.05, 4.69) is 331 Å². The number of fused-ring (bicyclic) bond motifs is 14. The van der Waals surface area contributed by atoms with Crippen molar-refractivity contribution >= 4 is 143 Å². The number of aromatic nitrogens is 2. The molecule has 0 radical (unpaired) electrons. The molecule has 6 heteroatoms. The minimum Gasteiger partial charge on any atom is -0.454 e. The Hall–Kier alpha value is -13.2. The number of hydrogen-bond donors (Lipinski definition) is 0. The minimum atomic E-state index is 0.735. The third-order valence-corrected chi connectivity index (χ3v) is 20.6. The molecule has 0 saturated heterocycles. The van der Waals surface area contributed by atoms with Gasteiger partial charge in [0, 0.05) is 73.8 Å². The summed E-state index contributed by atoms with van der Waals surface area (Å²) in [7, 11) is 0. The van der Waals surface area contributed by atoms with Gasteiger partial charge in [0.2, 0.25) is 0 Å². The van der Waals surface area contributed by atoms with Crippen molar-refractivity contribution in [2.75, 3.05) is 9.80 Å². The molecule has 20 rings (SSSR count). The topological polar surface area (TPSA) is 58.5 Å². The molecule has 0 spiro atoms. The summed E-state index contributed by atoms with van der Waals surface area (Å²) in [5.41, 5.74) is 23.0. The van der Waals surface area contributed by atoms with E-state index in [0.29, 0.717) is 0 Å². The molecule has 100 heavy (non-hydrogen) atoms. The van der Waals surface area contributed by atoms with Crippen molar-refractivity contribution in [1.29, 1.82) is 0 Å². The molecule has 0 atom stereocenters. The van der Waals surface area contributed by atoms with E-state index in [0.717, 1.165) is 140 Å². The van der Waals surface area contributed by atoms with Gasteiger partial charge in [-0.2, -0.15) is 0 Å². The zero-order valence-electron chi connectivity index (χ0n) is 54.4. The van der Waals surface area contributed by atoms with Crippen LogP contribution in [0, 0.1) is 0 Å². The SMILES string of the molecule is C1=C(c2cccc3ccccc23)CCC(N(c2ccc(-c3ccc4cc(-c5cc(-c6ccc(N(c7ccc(-c8ccc9ccccc9c8)cc7)c7ccnc8c7oc7c9ccccc9ccc87)cc6)c6ccccc6c5)ccc4c3)cc2)c2ccc3c(c2)oc2c4ccccc4cnc32)=C1. The van der Waals surface area contributed by atoms with Crippen LogP contribution in [-0.4, -0.2) is 9.97 Å². The zero-order valence-corrected chi connectivity index (χ0v) is 54.4. The van der Waals surface area contributed by atoms with Crippen LogP contribution in [0.25, 0.3) is 159 Å². The van der Waals surface area contributed by atoms with Crippen LogP contribution in [0.1, 0.15) is 18.4 Å². The van der Waals surface area contributed by atoms with Crippen molar-refractivity contribution in [3.63, 3.8) is 0 Å².